The highest BCUT2D eigenvalue weighted by molar-refractivity contribution is 5.53. The molecule has 0 aromatic carbocycles. The third-order valence-corrected chi connectivity index (χ3v) is 1.51. The van der Waals surface area contributed by atoms with E-state index in [4.69, 9.17) is 5.26 Å². The van der Waals surface area contributed by atoms with E-state index in [0.717, 1.165) is 0 Å². The molecular weight excluding hydrogens is 223 g/mol. The van der Waals surface area contributed by atoms with Crippen molar-refractivity contribution >= 4 is 6.34 Å². The summed E-state index contributed by atoms with van der Waals surface area (Å²) in [5, 5.41) is 15.5. The second kappa shape index (κ2) is 4.22. The predicted molar refractivity (Wildman–Crippen MR) is 49.5 cm³/mol. The van der Waals surface area contributed by atoms with Crippen LogP contribution < -0.4 is 0 Å². The number of halogens is 3. The molecule has 1 rings (SSSR count). The van der Waals surface area contributed by atoms with Gasteiger partial charge in [-0.3, -0.25) is 0 Å². The molecule has 5 nitrogen and oxygen atoms in total. The van der Waals surface area contributed by atoms with Crippen LogP contribution in [0.2, 0.25) is 0 Å². The first-order valence-corrected chi connectivity index (χ1v) is 4.12. The minimum atomic E-state index is -4.60. The summed E-state index contributed by atoms with van der Waals surface area (Å²) < 4.78 is 37.1. The number of rotatable bonds is 2. The fourth-order valence-corrected chi connectivity index (χ4v) is 0.867. The molecule has 0 fully saturated rings. The summed E-state index contributed by atoms with van der Waals surface area (Å²) in [6.07, 6.45) is -2.66. The largest absolute Gasteiger partial charge is 0.420 e. The maximum Gasteiger partial charge on any atom is 0.420 e. The molecule has 0 unspecified atom stereocenters. The molecule has 1 aromatic heterocycles. The van der Waals surface area contributed by atoms with Crippen molar-refractivity contribution in [1.29, 1.82) is 5.26 Å². The normalized spacial score (nSPS) is 11.8. The second-order valence-electron chi connectivity index (χ2n) is 3.12. The van der Waals surface area contributed by atoms with E-state index in [9.17, 15) is 13.2 Å². The van der Waals surface area contributed by atoms with Gasteiger partial charge in [-0.2, -0.15) is 23.2 Å². The Hall–Kier alpha value is -2.04. The van der Waals surface area contributed by atoms with Crippen molar-refractivity contribution in [2.45, 2.75) is 6.18 Å². The average molecular weight is 231 g/mol. The Morgan fingerprint density at radius 2 is 2.19 bits per heavy atom. The van der Waals surface area contributed by atoms with Gasteiger partial charge < -0.3 is 4.90 Å². The van der Waals surface area contributed by atoms with Gasteiger partial charge in [-0.25, -0.2) is 0 Å². The van der Waals surface area contributed by atoms with Crippen molar-refractivity contribution in [2.75, 3.05) is 14.1 Å². The Bertz CT molecular complexity index is 438. The molecule has 0 saturated carbocycles. The minimum Gasteiger partial charge on any atom is -0.367 e. The molecule has 0 aliphatic rings. The average Bonchev–Trinajstić information content (AvgIpc) is 2.57. The van der Waals surface area contributed by atoms with Crippen LogP contribution >= 0.6 is 0 Å². The van der Waals surface area contributed by atoms with Crippen molar-refractivity contribution in [1.82, 2.24) is 14.8 Å². The lowest BCUT2D eigenvalue weighted by atomic mass is 10.2. The van der Waals surface area contributed by atoms with Crippen LogP contribution in [0.1, 0.15) is 11.3 Å². The Morgan fingerprint density at radius 1 is 1.56 bits per heavy atom. The highest BCUT2D eigenvalue weighted by Gasteiger charge is 2.36. The Morgan fingerprint density at radius 3 is 2.56 bits per heavy atom. The van der Waals surface area contributed by atoms with E-state index in [1.807, 2.05) is 0 Å². The molecule has 0 N–H and O–H groups in total. The summed E-state index contributed by atoms with van der Waals surface area (Å²) >= 11 is 0. The van der Waals surface area contributed by atoms with Gasteiger partial charge in [0.05, 0.1) is 6.20 Å². The first-order chi connectivity index (χ1) is 7.34. The molecule has 1 aromatic rings. The summed E-state index contributed by atoms with van der Waals surface area (Å²) in [4.78, 5) is 2.24. The number of aromatic nitrogens is 2. The summed E-state index contributed by atoms with van der Waals surface area (Å²) in [5.41, 5.74) is -1.78. The molecular formula is C8H8F3N5. The molecule has 1 heterocycles. The smallest absolute Gasteiger partial charge is 0.367 e. The van der Waals surface area contributed by atoms with E-state index < -0.39 is 17.4 Å². The quantitative estimate of drug-likeness (QED) is 0.566. The maximum absolute atomic E-state index is 12.4. The lowest BCUT2D eigenvalue weighted by Crippen LogP contribution is -2.09. The molecule has 0 aliphatic heterocycles. The van der Waals surface area contributed by atoms with Crippen LogP contribution in [0.4, 0.5) is 13.2 Å². The third-order valence-electron chi connectivity index (χ3n) is 1.51. The van der Waals surface area contributed by atoms with E-state index >= 15 is 0 Å². The van der Waals surface area contributed by atoms with Crippen molar-refractivity contribution in [3.8, 4) is 6.07 Å². The van der Waals surface area contributed by atoms with E-state index in [1.165, 1.54) is 17.3 Å². The van der Waals surface area contributed by atoms with Crippen LogP contribution in [-0.2, 0) is 6.18 Å². The molecule has 0 amide bonds. The number of hydrogen-bond acceptors (Lipinski definition) is 3. The standard InChI is InChI=1S/C8H8F3N5/c1-15(2)5-13-16-4-6(8(9,10)11)7(3-12)14-16/h4-5H,1-2H3. The van der Waals surface area contributed by atoms with Gasteiger partial charge in [0.1, 0.15) is 18.0 Å². The highest BCUT2D eigenvalue weighted by Crippen LogP contribution is 2.31. The molecule has 0 saturated heterocycles. The third kappa shape index (κ3) is 2.73. The zero-order chi connectivity index (χ0) is 12.3. The van der Waals surface area contributed by atoms with Crippen LogP contribution in [0.15, 0.2) is 11.3 Å². The van der Waals surface area contributed by atoms with Gasteiger partial charge >= 0.3 is 6.18 Å². The Kier molecular flexibility index (Phi) is 3.17. The van der Waals surface area contributed by atoms with Crippen LogP contribution in [0, 0.1) is 11.3 Å². The van der Waals surface area contributed by atoms with Crippen LogP contribution in [-0.4, -0.2) is 35.2 Å². The Labute approximate surface area is 89.4 Å². The Balaban J connectivity index is 3.10. The maximum atomic E-state index is 12.4. The van der Waals surface area contributed by atoms with Crippen LogP contribution in [0.25, 0.3) is 0 Å². The molecule has 86 valence electrons. The van der Waals surface area contributed by atoms with Gasteiger partial charge in [0.25, 0.3) is 0 Å². The highest BCUT2D eigenvalue weighted by atomic mass is 19.4. The first-order valence-electron chi connectivity index (χ1n) is 4.12. The summed E-state index contributed by atoms with van der Waals surface area (Å²) in [6, 6.07) is 1.37. The molecule has 0 spiro atoms. The zero-order valence-electron chi connectivity index (χ0n) is 8.52. The van der Waals surface area contributed by atoms with Gasteiger partial charge in [-0.15, -0.1) is 10.2 Å². The topological polar surface area (TPSA) is 57.2 Å². The van der Waals surface area contributed by atoms with E-state index in [-0.39, 0.29) is 0 Å². The summed E-state index contributed by atoms with van der Waals surface area (Å²) in [7, 11) is 3.31. The van der Waals surface area contributed by atoms with Gasteiger partial charge in [-0.05, 0) is 0 Å². The van der Waals surface area contributed by atoms with Crippen molar-refractivity contribution in [3.05, 3.63) is 17.5 Å². The van der Waals surface area contributed by atoms with Gasteiger partial charge in [0.15, 0.2) is 5.69 Å². The van der Waals surface area contributed by atoms with Gasteiger partial charge in [0.2, 0.25) is 0 Å². The molecule has 0 aliphatic carbocycles. The van der Waals surface area contributed by atoms with Gasteiger partial charge in [-0.1, -0.05) is 0 Å². The zero-order valence-corrected chi connectivity index (χ0v) is 8.52. The monoisotopic (exact) mass is 231 g/mol. The summed E-state index contributed by atoms with van der Waals surface area (Å²) in [6.45, 7) is 0. The molecule has 16 heavy (non-hydrogen) atoms. The van der Waals surface area contributed by atoms with Crippen molar-refractivity contribution < 1.29 is 13.2 Å². The van der Waals surface area contributed by atoms with E-state index in [2.05, 4.69) is 10.2 Å². The lowest BCUT2D eigenvalue weighted by molar-refractivity contribution is -0.137. The SMILES string of the molecule is CN(C)C=Nn1cc(C(F)(F)F)c(C#N)n1. The number of nitriles is 1. The number of nitrogens with zero attached hydrogens (tertiary/aromatic N) is 5. The molecule has 8 heteroatoms. The van der Waals surface area contributed by atoms with Gasteiger partial charge in [0, 0.05) is 14.1 Å². The fourth-order valence-electron chi connectivity index (χ4n) is 0.867. The van der Waals surface area contributed by atoms with E-state index in [0.29, 0.717) is 11.0 Å². The predicted octanol–water partition coefficient (Wildman–Crippen LogP) is 1.13. The van der Waals surface area contributed by atoms with Crippen LogP contribution in [0.3, 0.4) is 0 Å². The number of alkyl halides is 3. The lowest BCUT2D eigenvalue weighted by Gasteiger charge is -2.01. The summed E-state index contributed by atoms with van der Waals surface area (Å²) in [5.74, 6) is 0. The fraction of sp³-hybridized carbons (Fsp3) is 0.375. The molecule has 0 radical (unpaired) electrons. The van der Waals surface area contributed by atoms with E-state index in [1.54, 1.807) is 14.1 Å². The van der Waals surface area contributed by atoms with Crippen molar-refractivity contribution in [2.24, 2.45) is 5.10 Å². The van der Waals surface area contributed by atoms with Crippen molar-refractivity contribution in [3.63, 3.8) is 0 Å². The second-order valence-corrected chi connectivity index (χ2v) is 3.12. The van der Waals surface area contributed by atoms with Crippen LogP contribution in [0.5, 0.6) is 0 Å². The first kappa shape index (κ1) is 12.0. The number of hydrogen-bond donors (Lipinski definition) is 0. The molecule has 0 atom stereocenters. The molecule has 0 bridgehead atoms. The minimum absolute atomic E-state index is 0.665.